The van der Waals surface area contributed by atoms with Crippen molar-refractivity contribution in [3.8, 4) is 5.88 Å². The third-order valence-electron chi connectivity index (χ3n) is 3.90. The average molecular weight is 305 g/mol. The highest BCUT2D eigenvalue weighted by molar-refractivity contribution is 5.94. The summed E-state index contributed by atoms with van der Waals surface area (Å²) in [5.41, 5.74) is 1.52. The molecule has 114 valence electrons. The third kappa shape index (κ3) is 2.73. The lowest BCUT2D eigenvalue weighted by Gasteiger charge is -2.38. The van der Waals surface area contributed by atoms with Gasteiger partial charge in [-0.3, -0.25) is 9.78 Å². The van der Waals surface area contributed by atoms with Gasteiger partial charge in [0.05, 0.1) is 24.2 Å². The fraction of sp³-hybridized carbons (Fsp3) is 0.167. The lowest BCUT2D eigenvalue weighted by atomic mass is 10.1. The number of aromatic nitrogens is 2. The van der Waals surface area contributed by atoms with E-state index in [4.69, 9.17) is 4.74 Å². The van der Waals surface area contributed by atoms with E-state index >= 15 is 0 Å². The summed E-state index contributed by atoms with van der Waals surface area (Å²) in [5.74, 6) is 0.589. The molecule has 1 aliphatic heterocycles. The van der Waals surface area contributed by atoms with Crippen molar-refractivity contribution in [3.05, 3.63) is 66.5 Å². The van der Waals surface area contributed by atoms with Gasteiger partial charge in [-0.1, -0.05) is 18.2 Å². The number of hydrogen-bond donors (Lipinski definition) is 0. The SMILES string of the molecule is O=C(c1cccnc1)N1CC(Oc2ccc3ccccc3n2)C1. The standard InChI is InChI=1S/C18H15N3O2/c22-18(14-5-3-9-19-10-14)21-11-15(12-21)23-17-8-7-13-4-1-2-6-16(13)20-17/h1-10,15H,11-12H2. The van der Waals surface area contributed by atoms with E-state index < -0.39 is 0 Å². The van der Waals surface area contributed by atoms with Crippen LogP contribution in [0.15, 0.2) is 60.9 Å². The second-order valence-corrected chi connectivity index (χ2v) is 5.53. The molecule has 5 heteroatoms. The molecule has 0 radical (unpaired) electrons. The number of carbonyl (C=O) groups is 1. The van der Waals surface area contributed by atoms with Crippen LogP contribution in [-0.2, 0) is 0 Å². The summed E-state index contributed by atoms with van der Waals surface area (Å²) in [4.78, 5) is 22.4. The molecule has 1 aliphatic rings. The van der Waals surface area contributed by atoms with Gasteiger partial charge >= 0.3 is 0 Å². The van der Waals surface area contributed by atoms with Gasteiger partial charge in [0.2, 0.25) is 5.88 Å². The van der Waals surface area contributed by atoms with Crippen LogP contribution in [0.3, 0.4) is 0 Å². The molecular weight excluding hydrogens is 290 g/mol. The fourth-order valence-corrected chi connectivity index (χ4v) is 2.63. The van der Waals surface area contributed by atoms with Crippen LogP contribution in [0.1, 0.15) is 10.4 Å². The van der Waals surface area contributed by atoms with Crippen molar-refractivity contribution in [2.45, 2.75) is 6.10 Å². The Bertz CT molecular complexity index is 845. The predicted molar refractivity (Wildman–Crippen MR) is 86.3 cm³/mol. The Kier molecular flexibility index (Phi) is 3.38. The van der Waals surface area contributed by atoms with Gasteiger partial charge in [0, 0.05) is 23.8 Å². The largest absolute Gasteiger partial charge is 0.471 e. The third-order valence-corrected chi connectivity index (χ3v) is 3.90. The van der Waals surface area contributed by atoms with Gasteiger partial charge in [-0.05, 0) is 24.3 Å². The molecule has 3 aromatic rings. The molecule has 0 N–H and O–H groups in total. The number of nitrogens with zero attached hydrogens (tertiary/aromatic N) is 3. The fourth-order valence-electron chi connectivity index (χ4n) is 2.63. The number of ether oxygens (including phenoxy) is 1. The summed E-state index contributed by atoms with van der Waals surface area (Å²) in [7, 11) is 0. The summed E-state index contributed by atoms with van der Waals surface area (Å²) >= 11 is 0. The molecule has 0 saturated carbocycles. The maximum atomic E-state index is 12.2. The molecule has 1 saturated heterocycles. The van der Waals surface area contributed by atoms with Crippen molar-refractivity contribution in [3.63, 3.8) is 0 Å². The van der Waals surface area contributed by atoms with Gasteiger partial charge < -0.3 is 9.64 Å². The van der Waals surface area contributed by atoms with Gasteiger partial charge in [0.1, 0.15) is 6.10 Å². The van der Waals surface area contributed by atoms with E-state index in [1.807, 2.05) is 36.4 Å². The smallest absolute Gasteiger partial charge is 0.255 e. The van der Waals surface area contributed by atoms with Gasteiger partial charge in [-0.25, -0.2) is 4.98 Å². The minimum Gasteiger partial charge on any atom is -0.471 e. The molecule has 5 nitrogen and oxygen atoms in total. The number of fused-ring (bicyclic) bond motifs is 1. The molecule has 1 fully saturated rings. The van der Waals surface area contributed by atoms with Crippen LogP contribution in [0.25, 0.3) is 10.9 Å². The van der Waals surface area contributed by atoms with Crippen LogP contribution in [0.5, 0.6) is 5.88 Å². The maximum absolute atomic E-state index is 12.2. The zero-order valence-corrected chi connectivity index (χ0v) is 12.4. The van der Waals surface area contributed by atoms with Crippen LogP contribution in [0.2, 0.25) is 0 Å². The van der Waals surface area contributed by atoms with E-state index in [9.17, 15) is 4.79 Å². The van der Waals surface area contributed by atoms with E-state index in [1.54, 1.807) is 29.4 Å². The van der Waals surface area contributed by atoms with E-state index in [0.717, 1.165) is 10.9 Å². The van der Waals surface area contributed by atoms with Crippen molar-refractivity contribution < 1.29 is 9.53 Å². The second-order valence-electron chi connectivity index (χ2n) is 5.53. The van der Waals surface area contributed by atoms with E-state index in [1.165, 1.54) is 0 Å². The number of carbonyl (C=O) groups excluding carboxylic acids is 1. The minimum atomic E-state index is -0.00992. The van der Waals surface area contributed by atoms with Crippen LogP contribution in [-0.4, -0.2) is 40.0 Å². The second kappa shape index (κ2) is 5.68. The lowest BCUT2D eigenvalue weighted by Crippen LogP contribution is -2.56. The Balaban J connectivity index is 1.39. The average Bonchev–Trinajstić information content (AvgIpc) is 2.58. The molecule has 0 aliphatic carbocycles. The molecular formula is C18H15N3O2. The first-order valence-corrected chi connectivity index (χ1v) is 7.51. The monoisotopic (exact) mass is 305 g/mol. The number of hydrogen-bond acceptors (Lipinski definition) is 4. The zero-order chi connectivity index (χ0) is 15.6. The van der Waals surface area contributed by atoms with E-state index in [0.29, 0.717) is 24.5 Å². The Hall–Kier alpha value is -2.95. The lowest BCUT2D eigenvalue weighted by molar-refractivity contribution is 0.0161. The highest BCUT2D eigenvalue weighted by Crippen LogP contribution is 2.21. The summed E-state index contributed by atoms with van der Waals surface area (Å²) in [6.45, 7) is 1.14. The molecule has 0 spiro atoms. The summed E-state index contributed by atoms with van der Waals surface area (Å²) in [6.07, 6.45) is 3.23. The summed E-state index contributed by atoms with van der Waals surface area (Å²) < 4.78 is 5.85. The Morgan fingerprint density at radius 2 is 1.96 bits per heavy atom. The van der Waals surface area contributed by atoms with E-state index in [-0.39, 0.29) is 12.0 Å². The van der Waals surface area contributed by atoms with Crippen molar-refractivity contribution in [1.82, 2.24) is 14.9 Å². The molecule has 0 atom stereocenters. The van der Waals surface area contributed by atoms with Crippen molar-refractivity contribution in [1.29, 1.82) is 0 Å². The minimum absolute atomic E-state index is 0.00980. The molecule has 4 rings (SSSR count). The van der Waals surface area contributed by atoms with Crippen LogP contribution >= 0.6 is 0 Å². The summed E-state index contributed by atoms with van der Waals surface area (Å²) in [5, 5.41) is 1.09. The quantitative estimate of drug-likeness (QED) is 0.746. The molecule has 1 amide bonds. The van der Waals surface area contributed by atoms with Crippen molar-refractivity contribution >= 4 is 16.8 Å². The molecule has 2 aromatic heterocycles. The van der Waals surface area contributed by atoms with Gasteiger partial charge in [0.15, 0.2) is 0 Å². The molecule has 23 heavy (non-hydrogen) atoms. The Morgan fingerprint density at radius 3 is 2.78 bits per heavy atom. The van der Waals surface area contributed by atoms with Crippen molar-refractivity contribution in [2.75, 3.05) is 13.1 Å². The molecule has 1 aromatic carbocycles. The number of pyridine rings is 2. The van der Waals surface area contributed by atoms with E-state index in [2.05, 4.69) is 9.97 Å². The van der Waals surface area contributed by atoms with Crippen LogP contribution in [0.4, 0.5) is 0 Å². The van der Waals surface area contributed by atoms with Crippen LogP contribution in [0, 0.1) is 0 Å². The topological polar surface area (TPSA) is 55.3 Å². The summed E-state index contributed by atoms with van der Waals surface area (Å²) in [6, 6.07) is 15.3. The number of benzene rings is 1. The highest BCUT2D eigenvalue weighted by Gasteiger charge is 2.33. The Labute approximate surface area is 133 Å². The number of para-hydroxylation sites is 1. The van der Waals surface area contributed by atoms with Gasteiger partial charge in [-0.15, -0.1) is 0 Å². The zero-order valence-electron chi connectivity index (χ0n) is 12.4. The van der Waals surface area contributed by atoms with Gasteiger partial charge in [0.25, 0.3) is 5.91 Å². The first kappa shape index (κ1) is 13.7. The molecule has 3 heterocycles. The van der Waals surface area contributed by atoms with Gasteiger partial charge in [-0.2, -0.15) is 0 Å². The molecule has 0 unspecified atom stereocenters. The normalized spacial score (nSPS) is 14.5. The number of likely N-dealkylation sites (tertiary alicyclic amines) is 1. The number of rotatable bonds is 3. The maximum Gasteiger partial charge on any atom is 0.255 e. The first-order chi connectivity index (χ1) is 11.3. The number of amides is 1. The van der Waals surface area contributed by atoms with Crippen LogP contribution < -0.4 is 4.74 Å². The Morgan fingerprint density at radius 1 is 1.09 bits per heavy atom. The van der Waals surface area contributed by atoms with Crippen molar-refractivity contribution in [2.24, 2.45) is 0 Å². The predicted octanol–water partition coefficient (Wildman–Crippen LogP) is 2.53. The first-order valence-electron chi connectivity index (χ1n) is 7.51. The highest BCUT2D eigenvalue weighted by atomic mass is 16.5. The molecule has 0 bridgehead atoms.